The number of nitrogens with zero attached hydrogens (tertiary/aromatic N) is 1. The van der Waals surface area contributed by atoms with Gasteiger partial charge in [-0.25, -0.2) is 8.42 Å². The Morgan fingerprint density at radius 3 is 2.31 bits per heavy atom. The summed E-state index contributed by atoms with van der Waals surface area (Å²) in [5.74, 6) is 1.06. The first-order valence-electron chi connectivity index (χ1n) is 10.3. The number of ether oxygens (including phenoxy) is 2. The zero-order chi connectivity index (χ0) is 22.6. The molecule has 0 aliphatic carbocycles. The Morgan fingerprint density at radius 1 is 0.906 bits per heavy atom. The number of benzene rings is 3. The number of anilines is 1. The smallest absolute Gasteiger partial charge is 0.262 e. The predicted octanol–water partition coefficient (Wildman–Crippen LogP) is 4.52. The van der Waals surface area contributed by atoms with Gasteiger partial charge in [0.15, 0.2) is 5.75 Å². The van der Waals surface area contributed by atoms with E-state index >= 15 is 0 Å². The number of rotatable bonds is 7. The summed E-state index contributed by atoms with van der Waals surface area (Å²) in [6.07, 6.45) is 1.87. The van der Waals surface area contributed by atoms with Crippen LogP contribution in [0.25, 0.3) is 0 Å². The van der Waals surface area contributed by atoms with Crippen molar-refractivity contribution in [3.8, 4) is 17.2 Å². The first kappa shape index (κ1) is 21.7. The molecule has 1 heterocycles. The van der Waals surface area contributed by atoms with Gasteiger partial charge in [-0.2, -0.15) is 0 Å². The SMILES string of the molecule is COc1ccc(S(=O)(=O)Nc2ccccc2Oc2ccccc2)cc1C(=O)N1CCCC1. The van der Waals surface area contributed by atoms with Crippen molar-refractivity contribution >= 4 is 21.6 Å². The summed E-state index contributed by atoms with van der Waals surface area (Å²) in [7, 11) is -2.53. The van der Waals surface area contributed by atoms with Gasteiger partial charge in [-0.3, -0.25) is 9.52 Å². The largest absolute Gasteiger partial charge is 0.496 e. The van der Waals surface area contributed by atoms with E-state index in [9.17, 15) is 13.2 Å². The highest BCUT2D eigenvalue weighted by Crippen LogP contribution is 2.32. The van der Waals surface area contributed by atoms with Crippen molar-refractivity contribution in [2.24, 2.45) is 0 Å². The van der Waals surface area contributed by atoms with Crippen LogP contribution < -0.4 is 14.2 Å². The van der Waals surface area contributed by atoms with Crippen LogP contribution in [0.15, 0.2) is 77.7 Å². The van der Waals surface area contributed by atoms with Gasteiger partial charge in [0.25, 0.3) is 15.9 Å². The second-order valence-electron chi connectivity index (χ2n) is 7.38. The van der Waals surface area contributed by atoms with E-state index in [1.54, 1.807) is 41.3 Å². The topological polar surface area (TPSA) is 84.9 Å². The minimum atomic E-state index is -3.99. The molecule has 0 saturated carbocycles. The molecule has 0 bridgehead atoms. The fourth-order valence-corrected chi connectivity index (χ4v) is 4.67. The molecule has 0 aromatic heterocycles. The summed E-state index contributed by atoms with van der Waals surface area (Å²) in [5, 5.41) is 0. The molecule has 3 aromatic carbocycles. The second-order valence-corrected chi connectivity index (χ2v) is 9.06. The molecule has 4 rings (SSSR count). The number of carbonyl (C=O) groups is 1. The highest BCUT2D eigenvalue weighted by molar-refractivity contribution is 7.92. The lowest BCUT2D eigenvalue weighted by Gasteiger charge is -2.18. The van der Waals surface area contributed by atoms with Gasteiger partial charge in [-0.05, 0) is 55.3 Å². The van der Waals surface area contributed by atoms with Gasteiger partial charge in [0.05, 0.1) is 23.3 Å². The van der Waals surface area contributed by atoms with Crippen LogP contribution in [0.3, 0.4) is 0 Å². The molecule has 166 valence electrons. The molecule has 0 unspecified atom stereocenters. The van der Waals surface area contributed by atoms with Crippen LogP contribution in [-0.4, -0.2) is 39.4 Å². The van der Waals surface area contributed by atoms with Crippen LogP contribution in [0.5, 0.6) is 17.2 Å². The van der Waals surface area contributed by atoms with Gasteiger partial charge in [-0.1, -0.05) is 30.3 Å². The molecule has 1 fully saturated rings. The van der Waals surface area contributed by atoms with Crippen LogP contribution in [-0.2, 0) is 10.0 Å². The maximum absolute atomic E-state index is 13.2. The van der Waals surface area contributed by atoms with Crippen LogP contribution in [0.2, 0.25) is 0 Å². The van der Waals surface area contributed by atoms with Crippen LogP contribution in [0.4, 0.5) is 5.69 Å². The number of para-hydroxylation sites is 3. The molecule has 7 nitrogen and oxygen atoms in total. The molecule has 0 radical (unpaired) electrons. The fraction of sp³-hybridized carbons (Fsp3) is 0.208. The maximum Gasteiger partial charge on any atom is 0.262 e. The third kappa shape index (κ3) is 4.70. The Morgan fingerprint density at radius 2 is 1.59 bits per heavy atom. The highest BCUT2D eigenvalue weighted by Gasteiger charge is 2.25. The maximum atomic E-state index is 13.2. The van der Waals surface area contributed by atoms with E-state index in [1.807, 2.05) is 18.2 Å². The van der Waals surface area contributed by atoms with Crippen molar-refractivity contribution in [1.29, 1.82) is 0 Å². The van der Waals surface area contributed by atoms with Crippen molar-refractivity contribution in [1.82, 2.24) is 4.90 Å². The number of hydrogen-bond acceptors (Lipinski definition) is 5. The Bertz CT molecular complexity index is 1210. The molecule has 1 amide bonds. The summed E-state index contributed by atoms with van der Waals surface area (Å²) in [5.41, 5.74) is 0.519. The van der Waals surface area contributed by atoms with Crippen molar-refractivity contribution < 1.29 is 22.7 Å². The first-order valence-corrected chi connectivity index (χ1v) is 11.8. The number of sulfonamides is 1. The number of amides is 1. The van der Waals surface area contributed by atoms with Crippen molar-refractivity contribution in [3.05, 3.63) is 78.4 Å². The molecule has 32 heavy (non-hydrogen) atoms. The Kier molecular flexibility index (Phi) is 6.32. The molecule has 0 atom stereocenters. The summed E-state index contributed by atoms with van der Waals surface area (Å²) in [6.45, 7) is 1.31. The fourth-order valence-electron chi connectivity index (χ4n) is 3.57. The summed E-state index contributed by atoms with van der Waals surface area (Å²) in [6, 6.07) is 20.2. The molecule has 8 heteroatoms. The molecule has 0 spiro atoms. The van der Waals surface area contributed by atoms with Gasteiger partial charge >= 0.3 is 0 Å². The van der Waals surface area contributed by atoms with Crippen molar-refractivity contribution in [3.63, 3.8) is 0 Å². The zero-order valence-electron chi connectivity index (χ0n) is 17.7. The van der Waals surface area contributed by atoms with Crippen LogP contribution in [0.1, 0.15) is 23.2 Å². The first-order chi connectivity index (χ1) is 15.5. The van der Waals surface area contributed by atoms with Crippen LogP contribution >= 0.6 is 0 Å². The quantitative estimate of drug-likeness (QED) is 0.570. The summed E-state index contributed by atoms with van der Waals surface area (Å²) >= 11 is 0. The van der Waals surface area contributed by atoms with E-state index in [0.29, 0.717) is 36.0 Å². The number of methoxy groups -OCH3 is 1. The standard InChI is InChI=1S/C24H24N2O5S/c1-30-22-14-13-19(17-20(22)24(27)26-15-7-8-16-26)32(28,29)25-21-11-5-6-12-23(21)31-18-9-3-2-4-10-18/h2-6,9-14,17,25H,7-8,15-16H2,1H3. The predicted molar refractivity (Wildman–Crippen MR) is 122 cm³/mol. The molecule has 3 aromatic rings. The van der Waals surface area contributed by atoms with Gasteiger partial charge in [0, 0.05) is 13.1 Å². The molecular formula is C24H24N2O5S. The minimum absolute atomic E-state index is 0.0321. The number of hydrogen-bond donors (Lipinski definition) is 1. The monoisotopic (exact) mass is 452 g/mol. The van der Waals surface area contributed by atoms with E-state index in [0.717, 1.165) is 12.8 Å². The van der Waals surface area contributed by atoms with E-state index in [2.05, 4.69) is 4.72 Å². The lowest BCUT2D eigenvalue weighted by molar-refractivity contribution is 0.0789. The average molecular weight is 453 g/mol. The molecule has 1 aliphatic heterocycles. The summed E-state index contributed by atoms with van der Waals surface area (Å²) in [4.78, 5) is 14.6. The third-order valence-electron chi connectivity index (χ3n) is 5.21. The number of likely N-dealkylation sites (tertiary alicyclic amines) is 1. The average Bonchev–Trinajstić information content (AvgIpc) is 3.35. The Labute approximate surface area is 187 Å². The van der Waals surface area contributed by atoms with Gasteiger partial charge in [-0.15, -0.1) is 0 Å². The molecule has 1 aliphatic rings. The van der Waals surface area contributed by atoms with E-state index in [1.165, 1.54) is 25.3 Å². The number of carbonyl (C=O) groups excluding carboxylic acids is 1. The van der Waals surface area contributed by atoms with E-state index in [4.69, 9.17) is 9.47 Å². The third-order valence-corrected chi connectivity index (χ3v) is 6.57. The van der Waals surface area contributed by atoms with Gasteiger partial charge < -0.3 is 14.4 Å². The Balaban J connectivity index is 1.63. The highest BCUT2D eigenvalue weighted by atomic mass is 32.2. The molecular weight excluding hydrogens is 428 g/mol. The summed E-state index contributed by atoms with van der Waals surface area (Å²) < 4.78 is 40.1. The van der Waals surface area contributed by atoms with Gasteiger partial charge in [0.1, 0.15) is 11.5 Å². The van der Waals surface area contributed by atoms with E-state index < -0.39 is 10.0 Å². The lowest BCUT2D eigenvalue weighted by atomic mass is 10.1. The normalized spacial score (nSPS) is 13.6. The lowest BCUT2D eigenvalue weighted by Crippen LogP contribution is -2.28. The molecule has 1 saturated heterocycles. The zero-order valence-corrected chi connectivity index (χ0v) is 18.5. The van der Waals surface area contributed by atoms with E-state index in [-0.39, 0.29) is 16.4 Å². The minimum Gasteiger partial charge on any atom is -0.496 e. The number of nitrogens with one attached hydrogen (secondary N) is 1. The Hall–Kier alpha value is -3.52. The second kappa shape index (κ2) is 9.32. The van der Waals surface area contributed by atoms with Crippen molar-refractivity contribution in [2.45, 2.75) is 17.7 Å². The molecule has 1 N–H and O–H groups in total. The van der Waals surface area contributed by atoms with Crippen LogP contribution in [0, 0.1) is 0 Å². The van der Waals surface area contributed by atoms with Gasteiger partial charge in [0.2, 0.25) is 0 Å². The van der Waals surface area contributed by atoms with Crippen molar-refractivity contribution in [2.75, 3.05) is 24.9 Å².